The van der Waals surface area contributed by atoms with Crippen LogP contribution in [0, 0.1) is 0 Å². The molecule has 1 heterocycles. The number of hydrogen-bond donors (Lipinski definition) is 2. The summed E-state index contributed by atoms with van der Waals surface area (Å²) in [6, 6.07) is 18.0. The minimum Gasteiger partial charge on any atom is -0.362 e. The van der Waals surface area contributed by atoms with Gasteiger partial charge in [-0.25, -0.2) is 0 Å². The van der Waals surface area contributed by atoms with E-state index in [1.807, 2.05) is 53.3 Å². The normalized spacial score (nSPS) is 10.5. The van der Waals surface area contributed by atoms with E-state index in [4.69, 9.17) is 23.8 Å². The minimum atomic E-state index is 0.546. The molecule has 0 spiro atoms. The van der Waals surface area contributed by atoms with Crippen molar-refractivity contribution >= 4 is 50.7 Å². The van der Waals surface area contributed by atoms with Crippen molar-refractivity contribution in [3.8, 4) is 0 Å². The van der Waals surface area contributed by atoms with Gasteiger partial charge < -0.3 is 10.6 Å². The molecule has 0 saturated heterocycles. The van der Waals surface area contributed by atoms with Crippen molar-refractivity contribution in [1.82, 2.24) is 15.1 Å². The molecular weight excluding hydrogens is 432 g/mol. The van der Waals surface area contributed by atoms with E-state index in [0.717, 1.165) is 28.0 Å². The Morgan fingerprint density at radius 1 is 1.12 bits per heavy atom. The molecule has 0 atom stereocenters. The fraction of sp³-hybridized carbons (Fsp3) is 0.158. The Morgan fingerprint density at radius 3 is 2.62 bits per heavy atom. The van der Waals surface area contributed by atoms with Crippen LogP contribution in [0.2, 0.25) is 5.02 Å². The fourth-order valence-electron chi connectivity index (χ4n) is 2.48. The zero-order chi connectivity index (χ0) is 18.4. The lowest BCUT2D eigenvalue weighted by atomic mass is 10.1. The van der Waals surface area contributed by atoms with Gasteiger partial charge in [-0.15, -0.1) is 0 Å². The summed E-state index contributed by atoms with van der Waals surface area (Å²) in [5, 5.41) is 12.1. The van der Waals surface area contributed by atoms with Crippen molar-refractivity contribution in [1.29, 1.82) is 0 Å². The number of hydrogen-bond acceptors (Lipinski definition) is 2. The van der Waals surface area contributed by atoms with Crippen LogP contribution in [0.3, 0.4) is 0 Å². The molecule has 3 rings (SSSR count). The molecule has 0 aliphatic carbocycles. The van der Waals surface area contributed by atoms with Gasteiger partial charge in [0.1, 0.15) is 0 Å². The zero-order valence-corrected chi connectivity index (χ0v) is 17.1. The molecule has 26 heavy (non-hydrogen) atoms. The molecule has 0 unspecified atom stereocenters. The van der Waals surface area contributed by atoms with E-state index < -0.39 is 0 Å². The van der Waals surface area contributed by atoms with Crippen LogP contribution < -0.4 is 10.6 Å². The highest BCUT2D eigenvalue weighted by Gasteiger charge is 2.09. The first-order chi connectivity index (χ1) is 12.6. The second kappa shape index (κ2) is 9.16. The minimum absolute atomic E-state index is 0.546. The molecule has 0 fully saturated rings. The molecule has 0 aliphatic heterocycles. The molecule has 1 aromatic heterocycles. The van der Waals surface area contributed by atoms with Gasteiger partial charge in [0.15, 0.2) is 10.9 Å². The van der Waals surface area contributed by atoms with Crippen molar-refractivity contribution in [2.24, 2.45) is 0 Å². The van der Waals surface area contributed by atoms with Crippen molar-refractivity contribution in [3.63, 3.8) is 0 Å². The van der Waals surface area contributed by atoms with Gasteiger partial charge in [-0.2, -0.15) is 5.10 Å². The summed E-state index contributed by atoms with van der Waals surface area (Å²) in [6.07, 6.45) is 2.81. The van der Waals surface area contributed by atoms with E-state index in [0.29, 0.717) is 17.5 Å². The molecule has 0 saturated carbocycles. The van der Waals surface area contributed by atoms with Crippen LogP contribution >= 0.6 is 39.7 Å². The lowest BCUT2D eigenvalue weighted by Gasteiger charge is -2.09. The van der Waals surface area contributed by atoms with Gasteiger partial charge in [-0.1, -0.05) is 60.1 Å². The number of nitrogens with zero attached hydrogens (tertiary/aromatic N) is 2. The van der Waals surface area contributed by atoms with Crippen LogP contribution in [0.15, 0.2) is 65.3 Å². The number of halogens is 2. The number of anilines is 1. The second-order valence-electron chi connectivity index (χ2n) is 5.73. The molecule has 134 valence electrons. The van der Waals surface area contributed by atoms with E-state index in [9.17, 15) is 0 Å². The summed E-state index contributed by atoms with van der Waals surface area (Å²) >= 11 is 15.1. The Kier molecular flexibility index (Phi) is 6.66. The van der Waals surface area contributed by atoms with Crippen molar-refractivity contribution in [2.75, 3.05) is 11.9 Å². The van der Waals surface area contributed by atoms with Gasteiger partial charge in [0.25, 0.3) is 0 Å². The van der Waals surface area contributed by atoms with Gasteiger partial charge >= 0.3 is 0 Å². The smallest absolute Gasteiger partial charge is 0.172 e. The van der Waals surface area contributed by atoms with Gasteiger partial charge in [0.2, 0.25) is 0 Å². The topological polar surface area (TPSA) is 41.9 Å². The number of thiocarbonyl (C=S) groups is 1. The lowest BCUT2D eigenvalue weighted by Crippen LogP contribution is -2.30. The molecule has 0 aliphatic rings. The highest BCUT2D eigenvalue weighted by Crippen LogP contribution is 2.22. The summed E-state index contributed by atoms with van der Waals surface area (Å²) < 4.78 is 2.66. The third-order valence-electron chi connectivity index (χ3n) is 3.78. The van der Waals surface area contributed by atoms with Crippen LogP contribution in [0.25, 0.3) is 0 Å². The van der Waals surface area contributed by atoms with Crippen LogP contribution in [0.5, 0.6) is 0 Å². The number of rotatable bonds is 6. The first-order valence-electron chi connectivity index (χ1n) is 8.17. The molecule has 2 aromatic carbocycles. The first-order valence-corrected chi connectivity index (χ1v) is 9.75. The summed E-state index contributed by atoms with van der Waals surface area (Å²) in [5.41, 5.74) is 2.28. The summed E-state index contributed by atoms with van der Waals surface area (Å²) in [6.45, 7) is 1.35. The quantitative estimate of drug-likeness (QED) is 0.527. The average Bonchev–Trinajstić information content (AvgIpc) is 2.97. The Hall–Kier alpha value is -1.89. The van der Waals surface area contributed by atoms with Crippen molar-refractivity contribution < 1.29 is 0 Å². The maximum absolute atomic E-state index is 6.21. The summed E-state index contributed by atoms with van der Waals surface area (Å²) in [4.78, 5) is 0. The third kappa shape index (κ3) is 5.30. The van der Waals surface area contributed by atoms with E-state index in [2.05, 4.69) is 43.8 Å². The van der Waals surface area contributed by atoms with E-state index in [1.165, 1.54) is 5.56 Å². The molecule has 0 bridgehead atoms. The summed E-state index contributed by atoms with van der Waals surface area (Å²) in [5.74, 6) is 0.675. The molecule has 0 radical (unpaired) electrons. The van der Waals surface area contributed by atoms with Crippen LogP contribution in [-0.4, -0.2) is 21.4 Å². The highest BCUT2D eigenvalue weighted by molar-refractivity contribution is 9.10. The SMILES string of the molecule is S=C(NCCc1ccccc1)Nc1nn(Cc2ccccc2Cl)cc1Br. The number of aromatic nitrogens is 2. The molecule has 0 amide bonds. The monoisotopic (exact) mass is 448 g/mol. The lowest BCUT2D eigenvalue weighted by molar-refractivity contribution is 0.689. The molecule has 4 nitrogen and oxygen atoms in total. The Bertz CT molecular complexity index is 882. The van der Waals surface area contributed by atoms with Crippen LogP contribution in [0.4, 0.5) is 5.82 Å². The van der Waals surface area contributed by atoms with Gasteiger partial charge in [0.05, 0.1) is 11.0 Å². The zero-order valence-electron chi connectivity index (χ0n) is 14.0. The fourth-order valence-corrected chi connectivity index (χ4v) is 3.29. The van der Waals surface area contributed by atoms with Crippen LogP contribution in [-0.2, 0) is 13.0 Å². The standard InChI is InChI=1S/C19H18BrClN4S/c20-16-13-25(12-15-8-4-5-9-17(15)21)24-18(16)23-19(26)22-11-10-14-6-2-1-3-7-14/h1-9,13H,10-12H2,(H2,22,23,24,26). The maximum atomic E-state index is 6.21. The predicted molar refractivity (Wildman–Crippen MR) is 115 cm³/mol. The first kappa shape index (κ1) is 18.9. The van der Waals surface area contributed by atoms with Crippen molar-refractivity contribution in [3.05, 3.63) is 81.4 Å². The molecular formula is C19H18BrClN4S. The van der Waals surface area contributed by atoms with E-state index in [1.54, 1.807) is 0 Å². The van der Waals surface area contributed by atoms with Crippen molar-refractivity contribution in [2.45, 2.75) is 13.0 Å². The average molecular weight is 450 g/mol. The maximum Gasteiger partial charge on any atom is 0.172 e. The number of benzene rings is 2. The van der Waals surface area contributed by atoms with Gasteiger partial charge in [0, 0.05) is 17.8 Å². The summed E-state index contributed by atoms with van der Waals surface area (Å²) in [7, 11) is 0. The Morgan fingerprint density at radius 2 is 1.85 bits per heavy atom. The second-order valence-corrected chi connectivity index (χ2v) is 7.40. The molecule has 3 aromatic rings. The Labute approximate surface area is 171 Å². The molecule has 2 N–H and O–H groups in total. The number of nitrogens with one attached hydrogen (secondary N) is 2. The van der Waals surface area contributed by atoms with Gasteiger partial charge in [-0.05, 0) is 51.8 Å². The van der Waals surface area contributed by atoms with Gasteiger partial charge in [-0.3, -0.25) is 4.68 Å². The van der Waals surface area contributed by atoms with E-state index in [-0.39, 0.29) is 0 Å². The largest absolute Gasteiger partial charge is 0.362 e. The van der Waals surface area contributed by atoms with E-state index >= 15 is 0 Å². The third-order valence-corrected chi connectivity index (χ3v) is 4.98. The van der Waals surface area contributed by atoms with Crippen LogP contribution in [0.1, 0.15) is 11.1 Å². The highest BCUT2D eigenvalue weighted by atomic mass is 79.9. The predicted octanol–water partition coefficient (Wildman–Crippen LogP) is 4.88. The molecule has 7 heteroatoms. The Balaban J connectivity index is 1.54.